The maximum atomic E-state index is 2.53. The maximum Gasteiger partial charge on any atom is 0.0239 e. The van der Waals surface area contributed by atoms with E-state index in [1.165, 1.54) is 24.0 Å². The van der Waals surface area contributed by atoms with Gasteiger partial charge in [0.05, 0.1) is 0 Å². The minimum atomic E-state index is 0.602. The summed E-state index contributed by atoms with van der Waals surface area (Å²) in [6.07, 6.45) is 2.42. The van der Waals surface area contributed by atoms with E-state index in [-0.39, 0.29) is 0 Å². The summed E-state index contributed by atoms with van der Waals surface area (Å²) in [6, 6.07) is 10.2. The van der Waals surface area contributed by atoms with Gasteiger partial charge in [-0.3, -0.25) is 4.90 Å². The predicted molar refractivity (Wildman–Crippen MR) is 76.3 cm³/mol. The molecule has 0 aliphatic carbocycles. The third-order valence-corrected chi connectivity index (χ3v) is 3.22. The highest BCUT2D eigenvalue weighted by atomic mass is 15.2. The van der Waals surface area contributed by atoms with Crippen LogP contribution in [0.15, 0.2) is 24.3 Å². The van der Waals surface area contributed by atoms with Crippen LogP contribution in [0.3, 0.4) is 0 Å². The fraction of sp³-hybridized carbons (Fsp3) is 0.625. The zero-order valence-electron chi connectivity index (χ0n) is 12.0. The molecule has 0 fully saturated rings. The first-order chi connectivity index (χ1) is 8.04. The molecule has 0 aliphatic heterocycles. The molecule has 0 spiro atoms. The fourth-order valence-corrected chi connectivity index (χ4v) is 2.34. The van der Waals surface area contributed by atoms with Crippen molar-refractivity contribution in [1.82, 2.24) is 4.90 Å². The highest BCUT2D eigenvalue weighted by Gasteiger charge is 2.13. The SMILES string of the molecule is CCCc1cccc(CN(C(C)C)C(C)C)c1. The normalized spacial score (nSPS) is 11.8. The first kappa shape index (κ1) is 14.2. The van der Waals surface area contributed by atoms with Crippen LogP contribution in [-0.4, -0.2) is 17.0 Å². The van der Waals surface area contributed by atoms with E-state index in [1.807, 2.05) is 0 Å². The molecular formula is C16H27N. The second-order valence-corrected chi connectivity index (χ2v) is 5.43. The van der Waals surface area contributed by atoms with Crippen molar-refractivity contribution < 1.29 is 0 Å². The van der Waals surface area contributed by atoms with Crippen LogP contribution in [0, 0.1) is 0 Å². The Morgan fingerprint density at radius 3 is 2.12 bits per heavy atom. The molecule has 0 bridgehead atoms. The van der Waals surface area contributed by atoms with Gasteiger partial charge in [0.15, 0.2) is 0 Å². The maximum absolute atomic E-state index is 2.53. The van der Waals surface area contributed by atoms with Crippen LogP contribution in [0.25, 0.3) is 0 Å². The van der Waals surface area contributed by atoms with Crippen LogP contribution in [0.2, 0.25) is 0 Å². The molecule has 96 valence electrons. The van der Waals surface area contributed by atoms with Crippen LogP contribution in [0.5, 0.6) is 0 Å². The molecule has 0 aliphatic rings. The molecule has 0 heterocycles. The monoisotopic (exact) mass is 233 g/mol. The Morgan fingerprint density at radius 2 is 1.59 bits per heavy atom. The molecule has 0 unspecified atom stereocenters. The van der Waals surface area contributed by atoms with E-state index in [2.05, 4.69) is 63.8 Å². The quantitative estimate of drug-likeness (QED) is 0.709. The van der Waals surface area contributed by atoms with Gasteiger partial charge in [0, 0.05) is 18.6 Å². The molecule has 1 aromatic rings. The van der Waals surface area contributed by atoms with E-state index >= 15 is 0 Å². The number of aryl methyl sites for hydroxylation is 1. The summed E-state index contributed by atoms with van der Waals surface area (Å²) >= 11 is 0. The fourth-order valence-electron chi connectivity index (χ4n) is 2.34. The first-order valence-electron chi connectivity index (χ1n) is 6.88. The van der Waals surface area contributed by atoms with Crippen molar-refractivity contribution in [1.29, 1.82) is 0 Å². The van der Waals surface area contributed by atoms with Crippen molar-refractivity contribution in [2.24, 2.45) is 0 Å². The van der Waals surface area contributed by atoms with Gasteiger partial charge in [0.2, 0.25) is 0 Å². The Hall–Kier alpha value is -0.820. The van der Waals surface area contributed by atoms with E-state index < -0.39 is 0 Å². The zero-order valence-corrected chi connectivity index (χ0v) is 12.0. The van der Waals surface area contributed by atoms with Crippen molar-refractivity contribution in [2.45, 2.75) is 66.1 Å². The molecule has 0 saturated heterocycles. The van der Waals surface area contributed by atoms with Gasteiger partial charge in [-0.25, -0.2) is 0 Å². The number of hydrogen-bond donors (Lipinski definition) is 0. The average molecular weight is 233 g/mol. The van der Waals surface area contributed by atoms with Crippen LogP contribution in [0.1, 0.15) is 52.2 Å². The lowest BCUT2D eigenvalue weighted by atomic mass is 10.1. The Bertz CT molecular complexity index is 320. The van der Waals surface area contributed by atoms with Crippen LogP contribution in [-0.2, 0) is 13.0 Å². The zero-order chi connectivity index (χ0) is 12.8. The third kappa shape index (κ3) is 4.51. The topological polar surface area (TPSA) is 3.24 Å². The Balaban J connectivity index is 2.75. The highest BCUT2D eigenvalue weighted by Crippen LogP contribution is 2.14. The average Bonchev–Trinajstić information content (AvgIpc) is 2.26. The first-order valence-corrected chi connectivity index (χ1v) is 6.88. The standard InChI is InChI=1S/C16H27N/c1-6-8-15-9-7-10-16(11-15)12-17(13(2)3)14(4)5/h7,9-11,13-14H,6,8,12H2,1-5H3. The van der Waals surface area contributed by atoms with Crippen molar-refractivity contribution in [3.63, 3.8) is 0 Å². The van der Waals surface area contributed by atoms with Gasteiger partial charge in [-0.1, -0.05) is 37.6 Å². The number of hydrogen-bond acceptors (Lipinski definition) is 1. The molecule has 0 amide bonds. The largest absolute Gasteiger partial charge is 0.294 e. The van der Waals surface area contributed by atoms with Crippen LogP contribution >= 0.6 is 0 Å². The van der Waals surface area contributed by atoms with Gasteiger partial charge in [-0.2, -0.15) is 0 Å². The highest BCUT2D eigenvalue weighted by molar-refractivity contribution is 5.23. The lowest BCUT2D eigenvalue weighted by Crippen LogP contribution is -2.36. The lowest BCUT2D eigenvalue weighted by Gasteiger charge is -2.30. The number of nitrogens with zero attached hydrogens (tertiary/aromatic N) is 1. The number of rotatable bonds is 6. The van der Waals surface area contributed by atoms with Crippen LogP contribution in [0.4, 0.5) is 0 Å². The summed E-state index contributed by atoms with van der Waals surface area (Å²) in [5.74, 6) is 0. The smallest absolute Gasteiger partial charge is 0.0239 e. The van der Waals surface area contributed by atoms with E-state index in [4.69, 9.17) is 0 Å². The van der Waals surface area contributed by atoms with Gasteiger partial charge in [-0.15, -0.1) is 0 Å². The van der Waals surface area contributed by atoms with Crippen molar-refractivity contribution >= 4 is 0 Å². The summed E-state index contributed by atoms with van der Waals surface area (Å²) < 4.78 is 0. The minimum Gasteiger partial charge on any atom is -0.294 e. The summed E-state index contributed by atoms with van der Waals surface area (Å²) in [5.41, 5.74) is 2.91. The third-order valence-electron chi connectivity index (χ3n) is 3.22. The van der Waals surface area contributed by atoms with E-state index in [0.717, 1.165) is 6.54 Å². The van der Waals surface area contributed by atoms with Gasteiger partial charge in [0.1, 0.15) is 0 Å². The lowest BCUT2D eigenvalue weighted by molar-refractivity contribution is 0.166. The Kier molecular flexibility index (Phi) is 5.70. The molecule has 17 heavy (non-hydrogen) atoms. The molecule has 0 saturated carbocycles. The summed E-state index contributed by atoms with van der Waals surface area (Å²) in [5, 5.41) is 0. The van der Waals surface area contributed by atoms with Crippen molar-refractivity contribution in [3.05, 3.63) is 35.4 Å². The Labute approximate surface area is 107 Å². The van der Waals surface area contributed by atoms with Gasteiger partial charge in [0.25, 0.3) is 0 Å². The molecular weight excluding hydrogens is 206 g/mol. The van der Waals surface area contributed by atoms with Gasteiger partial charge >= 0.3 is 0 Å². The molecule has 0 radical (unpaired) electrons. The molecule has 0 atom stereocenters. The number of benzene rings is 1. The van der Waals surface area contributed by atoms with E-state index in [1.54, 1.807) is 0 Å². The second kappa shape index (κ2) is 6.80. The molecule has 1 heteroatoms. The van der Waals surface area contributed by atoms with Crippen LogP contribution < -0.4 is 0 Å². The summed E-state index contributed by atoms with van der Waals surface area (Å²) in [6.45, 7) is 12.4. The minimum absolute atomic E-state index is 0.602. The molecule has 0 N–H and O–H groups in total. The van der Waals surface area contributed by atoms with Crippen molar-refractivity contribution in [2.75, 3.05) is 0 Å². The van der Waals surface area contributed by atoms with E-state index in [0.29, 0.717) is 12.1 Å². The summed E-state index contributed by atoms with van der Waals surface area (Å²) in [7, 11) is 0. The molecule has 1 rings (SSSR count). The summed E-state index contributed by atoms with van der Waals surface area (Å²) in [4.78, 5) is 2.53. The van der Waals surface area contributed by atoms with Gasteiger partial charge in [-0.05, 0) is 45.2 Å². The predicted octanol–water partition coefficient (Wildman–Crippen LogP) is 4.26. The Morgan fingerprint density at radius 1 is 1.00 bits per heavy atom. The molecule has 1 nitrogen and oxygen atoms in total. The second-order valence-electron chi connectivity index (χ2n) is 5.43. The van der Waals surface area contributed by atoms with Crippen molar-refractivity contribution in [3.8, 4) is 0 Å². The van der Waals surface area contributed by atoms with Gasteiger partial charge < -0.3 is 0 Å². The molecule has 1 aromatic carbocycles. The van der Waals surface area contributed by atoms with E-state index in [9.17, 15) is 0 Å². The molecule has 0 aromatic heterocycles.